The highest BCUT2D eigenvalue weighted by molar-refractivity contribution is 8.14. The van der Waals surface area contributed by atoms with E-state index in [0.717, 1.165) is 6.04 Å². The van der Waals surface area contributed by atoms with Crippen molar-refractivity contribution >= 4 is 16.4 Å². The molecule has 14 heavy (non-hydrogen) atoms. The Balaban J connectivity index is 1.81. The van der Waals surface area contributed by atoms with Crippen LogP contribution in [0.25, 0.3) is 0 Å². The van der Waals surface area contributed by atoms with Gasteiger partial charge in [0.25, 0.3) is 0 Å². The molecule has 0 aromatic carbocycles. The zero-order chi connectivity index (χ0) is 9.97. The molecule has 0 spiro atoms. The standard InChI is InChI=1S/C11H22N2S/c1-12-5-3-11(4-6-12)13-7-9-14(2)10-8-13/h11H,2-10H2,1H3. The lowest BCUT2D eigenvalue weighted by atomic mass is 10.0. The predicted octanol–water partition coefficient (Wildman–Crippen LogP) is 1.10. The van der Waals surface area contributed by atoms with Gasteiger partial charge in [-0.3, -0.25) is 4.90 Å². The maximum Gasteiger partial charge on any atom is 0.0120 e. The first-order valence-corrected chi connectivity index (χ1v) is 7.38. The van der Waals surface area contributed by atoms with Gasteiger partial charge in [-0.05, 0) is 33.0 Å². The fourth-order valence-electron chi connectivity index (χ4n) is 2.43. The van der Waals surface area contributed by atoms with Crippen molar-refractivity contribution in [2.45, 2.75) is 18.9 Å². The molecule has 2 saturated heterocycles. The second-order valence-corrected chi connectivity index (χ2v) is 6.63. The molecule has 0 aromatic heterocycles. The molecule has 0 N–H and O–H groups in total. The SMILES string of the molecule is C=S1CCN(C2CCN(C)CC2)CC1. The van der Waals surface area contributed by atoms with Crippen molar-refractivity contribution in [1.29, 1.82) is 0 Å². The molecule has 0 amide bonds. The molecule has 0 saturated carbocycles. The largest absolute Gasteiger partial charge is 0.306 e. The lowest BCUT2D eigenvalue weighted by Gasteiger charge is -2.39. The second kappa shape index (κ2) is 4.77. The molecule has 2 nitrogen and oxygen atoms in total. The van der Waals surface area contributed by atoms with Gasteiger partial charge in [0, 0.05) is 30.6 Å². The van der Waals surface area contributed by atoms with Crippen molar-refractivity contribution < 1.29 is 0 Å². The van der Waals surface area contributed by atoms with Crippen molar-refractivity contribution in [3.63, 3.8) is 0 Å². The van der Waals surface area contributed by atoms with Crippen LogP contribution in [0.2, 0.25) is 0 Å². The van der Waals surface area contributed by atoms with E-state index in [4.69, 9.17) is 0 Å². The quantitative estimate of drug-likeness (QED) is 0.603. The van der Waals surface area contributed by atoms with E-state index < -0.39 is 0 Å². The third kappa shape index (κ3) is 2.59. The van der Waals surface area contributed by atoms with Crippen LogP contribution in [0.5, 0.6) is 0 Å². The molecule has 3 heteroatoms. The summed E-state index contributed by atoms with van der Waals surface area (Å²) < 4.78 is 0. The first kappa shape index (κ1) is 10.7. The smallest absolute Gasteiger partial charge is 0.0120 e. The molecule has 0 bridgehead atoms. The molecule has 0 aliphatic carbocycles. The Kier molecular flexibility index (Phi) is 3.63. The minimum absolute atomic E-state index is 0.476. The number of hydrogen-bond donors (Lipinski definition) is 0. The fraction of sp³-hybridized carbons (Fsp3) is 0.909. The van der Waals surface area contributed by atoms with Gasteiger partial charge in [0.15, 0.2) is 0 Å². The summed E-state index contributed by atoms with van der Waals surface area (Å²) >= 11 is 0. The molecule has 0 aromatic rings. The summed E-state index contributed by atoms with van der Waals surface area (Å²) in [6, 6.07) is 0.878. The predicted molar refractivity (Wildman–Crippen MR) is 66.5 cm³/mol. The van der Waals surface area contributed by atoms with Crippen LogP contribution in [0.15, 0.2) is 0 Å². The zero-order valence-electron chi connectivity index (χ0n) is 9.24. The second-order valence-electron chi connectivity index (χ2n) is 4.59. The van der Waals surface area contributed by atoms with E-state index in [1.165, 1.54) is 50.5 Å². The van der Waals surface area contributed by atoms with Crippen LogP contribution >= 0.6 is 10.5 Å². The van der Waals surface area contributed by atoms with Crippen LogP contribution in [0, 0.1) is 0 Å². The summed E-state index contributed by atoms with van der Waals surface area (Å²) in [4.78, 5) is 5.16. The van der Waals surface area contributed by atoms with E-state index in [1.54, 1.807) is 0 Å². The average molecular weight is 214 g/mol. The summed E-state index contributed by atoms with van der Waals surface area (Å²) in [5.41, 5.74) is 0. The molecule has 0 unspecified atom stereocenters. The van der Waals surface area contributed by atoms with Crippen LogP contribution < -0.4 is 0 Å². The highest BCUT2D eigenvalue weighted by atomic mass is 32.2. The first-order chi connectivity index (χ1) is 6.75. The minimum atomic E-state index is 0.476. The molecule has 2 aliphatic rings. The van der Waals surface area contributed by atoms with Gasteiger partial charge in [0.1, 0.15) is 0 Å². The van der Waals surface area contributed by atoms with E-state index in [0.29, 0.717) is 10.5 Å². The van der Waals surface area contributed by atoms with Gasteiger partial charge in [-0.15, -0.1) is 0 Å². The number of rotatable bonds is 1. The van der Waals surface area contributed by atoms with Gasteiger partial charge >= 0.3 is 0 Å². The number of hydrogen-bond acceptors (Lipinski definition) is 2. The molecule has 2 rings (SSSR count). The summed E-state index contributed by atoms with van der Waals surface area (Å²) in [6.45, 7) is 5.19. The maximum atomic E-state index is 4.18. The minimum Gasteiger partial charge on any atom is -0.306 e. The lowest BCUT2D eigenvalue weighted by molar-refractivity contribution is 0.131. The number of piperidine rings is 1. The van der Waals surface area contributed by atoms with Gasteiger partial charge in [-0.1, -0.05) is 5.87 Å². The molecule has 2 fully saturated rings. The monoisotopic (exact) mass is 214 g/mol. The molecule has 2 aliphatic heterocycles. The highest BCUT2D eigenvalue weighted by Gasteiger charge is 2.24. The van der Waals surface area contributed by atoms with Crippen LogP contribution in [0.1, 0.15) is 12.8 Å². The summed E-state index contributed by atoms with van der Waals surface area (Å²) in [6.07, 6.45) is 2.75. The molecule has 82 valence electrons. The van der Waals surface area contributed by atoms with Crippen molar-refractivity contribution in [2.75, 3.05) is 44.7 Å². The van der Waals surface area contributed by atoms with E-state index in [1.807, 2.05) is 0 Å². The average Bonchev–Trinajstić information content (AvgIpc) is 2.21. The van der Waals surface area contributed by atoms with Gasteiger partial charge in [-0.25, -0.2) is 0 Å². The van der Waals surface area contributed by atoms with Gasteiger partial charge in [0.05, 0.1) is 0 Å². The van der Waals surface area contributed by atoms with E-state index in [9.17, 15) is 0 Å². The van der Waals surface area contributed by atoms with Crippen LogP contribution in [0.4, 0.5) is 0 Å². The topological polar surface area (TPSA) is 6.48 Å². The Morgan fingerprint density at radius 2 is 1.64 bits per heavy atom. The molecule has 0 radical (unpaired) electrons. The van der Waals surface area contributed by atoms with Crippen molar-refractivity contribution in [2.24, 2.45) is 0 Å². The van der Waals surface area contributed by atoms with Crippen LogP contribution in [-0.4, -0.2) is 66.4 Å². The summed E-state index contributed by atoms with van der Waals surface area (Å²) in [5, 5.41) is 0. The molecule has 0 atom stereocenters. The molecular weight excluding hydrogens is 192 g/mol. The fourth-order valence-corrected chi connectivity index (χ4v) is 3.62. The van der Waals surface area contributed by atoms with Crippen molar-refractivity contribution in [1.82, 2.24) is 9.80 Å². The number of likely N-dealkylation sites (tertiary alicyclic amines) is 1. The molecule has 2 heterocycles. The van der Waals surface area contributed by atoms with Gasteiger partial charge in [-0.2, -0.15) is 10.5 Å². The van der Waals surface area contributed by atoms with E-state index in [2.05, 4.69) is 22.7 Å². The van der Waals surface area contributed by atoms with Gasteiger partial charge in [0.2, 0.25) is 0 Å². The Bertz CT molecular complexity index is 199. The van der Waals surface area contributed by atoms with Crippen LogP contribution in [0.3, 0.4) is 0 Å². The van der Waals surface area contributed by atoms with Crippen molar-refractivity contribution in [3.8, 4) is 0 Å². The van der Waals surface area contributed by atoms with Crippen molar-refractivity contribution in [3.05, 3.63) is 0 Å². The zero-order valence-corrected chi connectivity index (χ0v) is 10.1. The Morgan fingerprint density at radius 1 is 1.07 bits per heavy atom. The maximum absolute atomic E-state index is 4.18. The number of nitrogens with zero attached hydrogens (tertiary/aromatic N) is 2. The molecular formula is C11H22N2S. The van der Waals surface area contributed by atoms with Crippen LogP contribution in [-0.2, 0) is 0 Å². The summed E-state index contributed by atoms with van der Waals surface area (Å²) in [5.74, 6) is 6.86. The first-order valence-electron chi connectivity index (χ1n) is 5.65. The Labute approximate surface area is 90.2 Å². The normalized spacial score (nSPS) is 29.5. The highest BCUT2D eigenvalue weighted by Crippen LogP contribution is 2.22. The van der Waals surface area contributed by atoms with Gasteiger partial charge < -0.3 is 4.90 Å². The third-order valence-electron chi connectivity index (χ3n) is 3.54. The van der Waals surface area contributed by atoms with E-state index >= 15 is 0 Å². The van der Waals surface area contributed by atoms with E-state index in [-0.39, 0.29) is 0 Å². The third-order valence-corrected chi connectivity index (χ3v) is 5.06. The Hall–Kier alpha value is 0.140. The Morgan fingerprint density at radius 3 is 2.21 bits per heavy atom. The summed E-state index contributed by atoms with van der Waals surface area (Å²) in [7, 11) is 2.71. The lowest BCUT2D eigenvalue weighted by Crippen LogP contribution is -2.47.